The van der Waals surface area contributed by atoms with Gasteiger partial charge in [-0.2, -0.15) is 0 Å². The average Bonchev–Trinajstić information content (AvgIpc) is 2.91. The molecule has 2 aliphatic rings. The highest BCUT2D eigenvalue weighted by atomic mass is 16.5. The minimum atomic E-state index is -1.32. The zero-order chi connectivity index (χ0) is 18.2. The average molecular weight is 341 g/mol. The number of rotatable bonds is 4. The molecule has 2 fully saturated rings. The van der Waals surface area contributed by atoms with Gasteiger partial charge in [-0.15, -0.1) is 0 Å². The molecule has 2 heterocycles. The number of amides is 2. The van der Waals surface area contributed by atoms with Crippen molar-refractivity contribution in [2.45, 2.75) is 38.1 Å². The van der Waals surface area contributed by atoms with Gasteiger partial charge in [0.1, 0.15) is 5.75 Å². The second kappa shape index (κ2) is 6.32. The van der Waals surface area contributed by atoms with E-state index in [1.54, 1.807) is 29.2 Å². The van der Waals surface area contributed by atoms with Crippen LogP contribution in [0.4, 0.5) is 10.5 Å². The summed E-state index contributed by atoms with van der Waals surface area (Å²) < 4.78 is 5.48. The van der Waals surface area contributed by atoms with Crippen LogP contribution in [0.3, 0.4) is 0 Å². The molecule has 0 bridgehead atoms. The molecule has 0 aromatic heterocycles. The maximum absolute atomic E-state index is 12.6. The Morgan fingerprint density at radius 2 is 2.08 bits per heavy atom. The summed E-state index contributed by atoms with van der Waals surface area (Å²) in [4.78, 5) is 27.3. The van der Waals surface area contributed by atoms with Gasteiger partial charge in [-0.05, 0) is 50.8 Å². The lowest BCUT2D eigenvalue weighted by Crippen LogP contribution is -2.43. The molecule has 1 aromatic carbocycles. The molecule has 1 aromatic rings. The third kappa shape index (κ3) is 3.27. The van der Waals surface area contributed by atoms with Gasteiger partial charge in [-0.3, -0.25) is 4.90 Å². The minimum absolute atomic E-state index is 0.0167. The lowest BCUT2D eigenvalue weighted by atomic mass is 9.44. The van der Waals surface area contributed by atoms with E-state index in [0.29, 0.717) is 25.2 Å². The van der Waals surface area contributed by atoms with Crippen LogP contribution < -0.4 is 9.64 Å². The van der Waals surface area contributed by atoms with E-state index in [4.69, 9.17) is 15.1 Å². The molecule has 1 atom stereocenters. The van der Waals surface area contributed by atoms with Crippen LogP contribution in [0.25, 0.3) is 0 Å². The molecule has 3 rings (SSSR count). The third-order valence-corrected chi connectivity index (χ3v) is 4.80. The van der Waals surface area contributed by atoms with Crippen molar-refractivity contribution in [3.8, 4) is 11.7 Å². The fourth-order valence-electron chi connectivity index (χ4n) is 3.29. The number of anilines is 1. The van der Waals surface area contributed by atoms with Crippen LogP contribution in [0.1, 0.15) is 13.8 Å². The van der Waals surface area contributed by atoms with Crippen LogP contribution in [0.2, 0.25) is 12.6 Å². The standard InChI is InChI=1S/C17H20BN3O4/c1-17(2,15(22)23)25-14-5-3-12(4-6-14)21-10-13-9-18(11-19)7-8-20(13)16(21)24/h3-6,13H,7-10H2,1-2H3,(H,22,23). The van der Waals surface area contributed by atoms with E-state index in [0.717, 1.165) is 12.0 Å². The summed E-state index contributed by atoms with van der Waals surface area (Å²) in [6.45, 7) is 4.17. The van der Waals surface area contributed by atoms with Crippen molar-refractivity contribution in [1.82, 2.24) is 4.90 Å². The van der Waals surface area contributed by atoms with Crippen molar-refractivity contribution in [1.29, 1.82) is 5.26 Å². The van der Waals surface area contributed by atoms with Gasteiger partial charge >= 0.3 is 12.0 Å². The minimum Gasteiger partial charge on any atom is -0.478 e. The fourth-order valence-corrected chi connectivity index (χ4v) is 3.29. The Morgan fingerprint density at radius 1 is 1.40 bits per heavy atom. The van der Waals surface area contributed by atoms with Crippen LogP contribution in [0.15, 0.2) is 24.3 Å². The van der Waals surface area contributed by atoms with E-state index in [1.807, 2.05) is 4.90 Å². The first-order chi connectivity index (χ1) is 11.8. The molecular weight excluding hydrogens is 321 g/mol. The predicted molar refractivity (Wildman–Crippen MR) is 93.0 cm³/mol. The summed E-state index contributed by atoms with van der Waals surface area (Å²) >= 11 is 0. The second-order valence-electron chi connectivity index (χ2n) is 7.00. The van der Waals surface area contributed by atoms with E-state index >= 15 is 0 Å². The van der Waals surface area contributed by atoms with E-state index in [-0.39, 0.29) is 18.8 Å². The summed E-state index contributed by atoms with van der Waals surface area (Å²) in [5, 5.41) is 18.2. The first kappa shape index (κ1) is 17.1. The SMILES string of the molecule is CC(C)(Oc1ccc(N2CC3CB(C#N)CCN3C2=O)cc1)C(=O)O. The van der Waals surface area contributed by atoms with E-state index in [2.05, 4.69) is 5.97 Å². The monoisotopic (exact) mass is 341 g/mol. The number of benzene rings is 1. The molecule has 2 aliphatic heterocycles. The molecule has 0 saturated carbocycles. The zero-order valence-corrected chi connectivity index (χ0v) is 14.3. The predicted octanol–water partition coefficient (Wildman–Crippen LogP) is 2.11. The number of carboxylic acid groups (broad SMARTS) is 1. The zero-order valence-electron chi connectivity index (χ0n) is 14.3. The third-order valence-electron chi connectivity index (χ3n) is 4.80. The van der Waals surface area contributed by atoms with Crippen molar-refractivity contribution in [3.05, 3.63) is 24.3 Å². The largest absolute Gasteiger partial charge is 0.478 e. The molecule has 1 unspecified atom stereocenters. The number of nitrogens with zero attached hydrogens (tertiary/aromatic N) is 3. The first-order valence-electron chi connectivity index (χ1n) is 8.32. The van der Waals surface area contributed by atoms with Gasteiger partial charge in [0.2, 0.25) is 0 Å². The number of carbonyl (C=O) groups excluding carboxylic acids is 1. The van der Waals surface area contributed by atoms with Crippen molar-refractivity contribution in [3.63, 3.8) is 0 Å². The number of ether oxygens (including phenoxy) is 1. The number of hydrogen-bond donors (Lipinski definition) is 1. The maximum atomic E-state index is 12.6. The van der Waals surface area contributed by atoms with E-state index in [9.17, 15) is 9.59 Å². The Bertz CT molecular complexity index is 728. The van der Waals surface area contributed by atoms with Crippen molar-refractivity contribution < 1.29 is 19.4 Å². The summed E-state index contributed by atoms with van der Waals surface area (Å²) in [5.41, 5.74) is -0.578. The molecule has 8 heteroatoms. The number of carboxylic acids is 1. The maximum Gasteiger partial charge on any atom is 0.347 e. The topological polar surface area (TPSA) is 93.9 Å². The summed E-state index contributed by atoms with van der Waals surface area (Å²) in [6, 6.07) is 6.89. The molecule has 1 N–H and O–H groups in total. The Balaban J connectivity index is 1.72. The van der Waals surface area contributed by atoms with Gasteiger partial charge < -0.3 is 14.7 Å². The molecule has 0 radical (unpaired) electrons. The number of hydrogen-bond acceptors (Lipinski definition) is 4. The van der Waals surface area contributed by atoms with Crippen molar-refractivity contribution in [2.75, 3.05) is 18.0 Å². The molecule has 0 spiro atoms. The molecule has 0 aliphatic carbocycles. The van der Waals surface area contributed by atoms with Crippen LogP contribution in [0.5, 0.6) is 5.75 Å². The fraction of sp³-hybridized carbons (Fsp3) is 0.471. The smallest absolute Gasteiger partial charge is 0.347 e. The number of fused-ring (bicyclic) bond motifs is 1. The number of nitriles is 1. The van der Waals surface area contributed by atoms with Gasteiger partial charge in [0.05, 0.1) is 0 Å². The summed E-state index contributed by atoms with van der Waals surface area (Å²) in [6.07, 6.45) is 1.44. The quantitative estimate of drug-likeness (QED) is 0.847. The Kier molecular flexibility index (Phi) is 4.33. The highest BCUT2D eigenvalue weighted by molar-refractivity contribution is 6.67. The Hall–Kier alpha value is -2.69. The summed E-state index contributed by atoms with van der Waals surface area (Å²) in [7, 11) is 0. The Labute approximate surface area is 146 Å². The lowest BCUT2D eigenvalue weighted by molar-refractivity contribution is -0.152. The van der Waals surface area contributed by atoms with Gasteiger partial charge in [-0.1, -0.05) is 0 Å². The molecule has 25 heavy (non-hydrogen) atoms. The highest BCUT2D eigenvalue weighted by Gasteiger charge is 2.42. The van der Waals surface area contributed by atoms with Crippen LogP contribution in [-0.2, 0) is 4.79 Å². The van der Waals surface area contributed by atoms with Gasteiger partial charge in [0, 0.05) is 30.8 Å². The van der Waals surface area contributed by atoms with Gasteiger partial charge in [0.15, 0.2) is 5.60 Å². The summed E-state index contributed by atoms with van der Waals surface area (Å²) in [5.74, 6) is 1.69. The van der Waals surface area contributed by atoms with Crippen molar-refractivity contribution >= 4 is 24.4 Å². The number of urea groups is 1. The van der Waals surface area contributed by atoms with Crippen LogP contribution in [0, 0.1) is 11.2 Å². The normalized spacial score (nSPS) is 20.3. The van der Waals surface area contributed by atoms with E-state index in [1.165, 1.54) is 13.8 Å². The van der Waals surface area contributed by atoms with Gasteiger partial charge in [-0.25, -0.2) is 14.9 Å². The first-order valence-corrected chi connectivity index (χ1v) is 8.32. The number of carbonyl (C=O) groups is 2. The molecule has 7 nitrogen and oxygen atoms in total. The second-order valence-corrected chi connectivity index (χ2v) is 7.00. The molecular formula is C17H20BN3O4. The number of aliphatic carboxylic acids is 1. The van der Waals surface area contributed by atoms with Gasteiger partial charge in [0.25, 0.3) is 6.71 Å². The molecule has 2 amide bonds. The van der Waals surface area contributed by atoms with Crippen molar-refractivity contribution in [2.24, 2.45) is 0 Å². The van der Waals surface area contributed by atoms with E-state index < -0.39 is 11.6 Å². The van der Waals surface area contributed by atoms with Crippen LogP contribution in [-0.4, -0.2) is 53.5 Å². The van der Waals surface area contributed by atoms with Crippen LogP contribution >= 0.6 is 0 Å². The Morgan fingerprint density at radius 3 is 2.68 bits per heavy atom. The highest BCUT2D eigenvalue weighted by Crippen LogP contribution is 2.31. The molecule has 2 saturated heterocycles. The molecule has 130 valence electrons. The lowest BCUT2D eigenvalue weighted by Gasteiger charge is -2.28.